The first kappa shape index (κ1) is 18.2. The molecule has 0 radical (unpaired) electrons. The topological polar surface area (TPSA) is 79.9 Å². The molecule has 1 aliphatic heterocycles. The monoisotopic (exact) mass is 400 g/mol. The Labute approximate surface area is 172 Å². The summed E-state index contributed by atoms with van der Waals surface area (Å²) in [5, 5.41) is 2.98. The quantitative estimate of drug-likeness (QED) is 0.569. The summed E-state index contributed by atoms with van der Waals surface area (Å²) in [5.74, 6) is -0.00193. The van der Waals surface area contributed by atoms with Gasteiger partial charge in [-0.05, 0) is 60.9 Å². The van der Waals surface area contributed by atoms with E-state index in [2.05, 4.69) is 10.3 Å². The maximum Gasteiger partial charge on any atom is 0.289 e. The van der Waals surface area contributed by atoms with Crippen LogP contribution in [-0.4, -0.2) is 32.6 Å². The number of benzene rings is 1. The molecule has 0 bridgehead atoms. The standard InChI is InChI=1S/C23H20N4O3/c1-15-21(27-10-3-2-6-20(27)24-15)22(28)25-18-8-7-16-9-11-26(14-17(16)13-18)23(29)19-5-4-12-30-19/h2-8,10,12-13H,9,11,14H2,1H3,(H,25,28). The molecular weight excluding hydrogens is 380 g/mol. The molecule has 0 unspecified atom stereocenters. The fourth-order valence-corrected chi connectivity index (χ4v) is 3.94. The highest BCUT2D eigenvalue weighted by atomic mass is 16.3. The minimum absolute atomic E-state index is 0.124. The third-order valence-electron chi connectivity index (χ3n) is 5.41. The van der Waals surface area contributed by atoms with E-state index in [0.29, 0.717) is 35.9 Å². The van der Waals surface area contributed by atoms with Crippen LogP contribution in [0.25, 0.3) is 5.65 Å². The molecule has 4 aromatic rings. The summed E-state index contributed by atoms with van der Waals surface area (Å²) >= 11 is 0. The second-order valence-electron chi connectivity index (χ2n) is 7.37. The Hall–Kier alpha value is -3.87. The van der Waals surface area contributed by atoms with Gasteiger partial charge < -0.3 is 14.6 Å². The zero-order valence-corrected chi connectivity index (χ0v) is 16.5. The molecule has 3 aromatic heterocycles. The highest BCUT2D eigenvalue weighted by Crippen LogP contribution is 2.25. The van der Waals surface area contributed by atoms with Crippen LogP contribution in [-0.2, 0) is 13.0 Å². The molecule has 0 saturated heterocycles. The Bertz CT molecular complexity index is 1260. The zero-order chi connectivity index (χ0) is 20.7. The van der Waals surface area contributed by atoms with Crippen LogP contribution in [0.15, 0.2) is 65.4 Å². The fraction of sp³-hybridized carbons (Fsp3) is 0.174. The van der Waals surface area contributed by atoms with Gasteiger partial charge in [-0.15, -0.1) is 0 Å². The molecule has 0 spiro atoms. The van der Waals surface area contributed by atoms with Crippen molar-refractivity contribution in [3.05, 3.63) is 89.3 Å². The van der Waals surface area contributed by atoms with Crippen LogP contribution in [0.1, 0.15) is 37.9 Å². The van der Waals surface area contributed by atoms with Crippen LogP contribution in [0.2, 0.25) is 0 Å². The van der Waals surface area contributed by atoms with Crippen LogP contribution in [0.3, 0.4) is 0 Å². The molecule has 1 aliphatic rings. The molecule has 7 heteroatoms. The van der Waals surface area contributed by atoms with E-state index in [-0.39, 0.29) is 11.8 Å². The molecule has 1 N–H and O–H groups in total. The van der Waals surface area contributed by atoms with Crippen molar-refractivity contribution >= 4 is 23.1 Å². The average Bonchev–Trinajstić information content (AvgIpc) is 3.40. The van der Waals surface area contributed by atoms with Crippen molar-refractivity contribution in [2.75, 3.05) is 11.9 Å². The van der Waals surface area contributed by atoms with Gasteiger partial charge in [-0.25, -0.2) is 4.98 Å². The minimum atomic E-state index is -0.217. The summed E-state index contributed by atoms with van der Waals surface area (Å²) in [4.78, 5) is 31.8. The summed E-state index contributed by atoms with van der Waals surface area (Å²) in [5.41, 5.74) is 4.81. The fourth-order valence-electron chi connectivity index (χ4n) is 3.94. The Balaban J connectivity index is 1.38. The smallest absolute Gasteiger partial charge is 0.289 e. The number of imidazole rings is 1. The van der Waals surface area contributed by atoms with Crippen LogP contribution < -0.4 is 5.32 Å². The van der Waals surface area contributed by atoms with Gasteiger partial charge in [-0.2, -0.15) is 0 Å². The number of aryl methyl sites for hydroxylation is 1. The van der Waals surface area contributed by atoms with Crippen LogP contribution in [0, 0.1) is 6.92 Å². The molecule has 30 heavy (non-hydrogen) atoms. The molecule has 1 aromatic carbocycles. The third-order valence-corrected chi connectivity index (χ3v) is 5.41. The molecule has 0 fully saturated rings. The minimum Gasteiger partial charge on any atom is -0.459 e. The first-order valence-corrected chi connectivity index (χ1v) is 9.80. The maximum atomic E-state index is 13.0. The van der Waals surface area contributed by atoms with E-state index >= 15 is 0 Å². The van der Waals surface area contributed by atoms with E-state index in [9.17, 15) is 9.59 Å². The predicted octanol–water partition coefficient (Wildman–Crippen LogP) is 3.69. The number of nitrogens with one attached hydrogen (secondary N) is 1. The van der Waals surface area contributed by atoms with Gasteiger partial charge in [0.05, 0.1) is 12.0 Å². The van der Waals surface area contributed by atoms with Crippen molar-refractivity contribution in [1.82, 2.24) is 14.3 Å². The molecule has 0 aliphatic carbocycles. The lowest BCUT2D eigenvalue weighted by molar-refractivity contribution is 0.0702. The van der Waals surface area contributed by atoms with Crippen molar-refractivity contribution in [2.24, 2.45) is 0 Å². The Kier molecular flexibility index (Phi) is 4.35. The highest BCUT2D eigenvalue weighted by Gasteiger charge is 2.24. The summed E-state index contributed by atoms with van der Waals surface area (Å²) < 4.78 is 7.03. The molecule has 5 rings (SSSR count). The summed E-state index contributed by atoms with van der Waals surface area (Å²) in [7, 11) is 0. The average molecular weight is 400 g/mol. The second-order valence-corrected chi connectivity index (χ2v) is 7.37. The van der Waals surface area contributed by atoms with E-state index in [1.807, 2.05) is 49.5 Å². The number of rotatable bonds is 3. The van der Waals surface area contributed by atoms with Crippen molar-refractivity contribution < 1.29 is 14.0 Å². The lowest BCUT2D eigenvalue weighted by atomic mass is 9.98. The van der Waals surface area contributed by atoms with E-state index in [4.69, 9.17) is 4.42 Å². The zero-order valence-electron chi connectivity index (χ0n) is 16.5. The molecule has 150 valence electrons. The number of pyridine rings is 1. The number of anilines is 1. The maximum absolute atomic E-state index is 13.0. The van der Waals surface area contributed by atoms with Gasteiger partial charge in [0.25, 0.3) is 11.8 Å². The SMILES string of the molecule is Cc1nc2ccccn2c1C(=O)Nc1ccc2c(c1)CN(C(=O)c1ccco1)CC2. The van der Waals surface area contributed by atoms with Crippen LogP contribution in [0.5, 0.6) is 0 Å². The number of amides is 2. The van der Waals surface area contributed by atoms with E-state index in [0.717, 1.165) is 17.6 Å². The molecular formula is C23H20N4O3. The van der Waals surface area contributed by atoms with E-state index < -0.39 is 0 Å². The normalized spacial score (nSPS) is 13.3. The second kappa shape index (κ2) is 7.18. The van der Waals surface area contributed by atoms with Crippen molar-refractivity contribution in [2.45, 2.75) is 19.9 Å². The summed E-state index contributed by atoms with van der Waals surface area (Å²) in [6.45, 7) is 2.94. The molecule has 4 heterocycles. The number of hydrogen-bond acceptors (Lipinski definition) is 4. The van der Waals surface area contributed by atoms with Crippen LogP contribution in [0.4, 0.5) is 5.69 Å². The number of fused-ring (bicyclic) bond motifs is 2. The van der Waals surface area contributed by atoms with E-state index in [1.165, 1.54) is 11.8 Å². The van der Waals surface area contributed by atoms with Crippen molar-refractivity contribution in [1.29, 1.82) is 0 Å². The molecule has 2 amide bonds. The predicted molar refractivity (Wildman–Crippen MR) is 111 cm³/mol. The third kappa shape index (κ3) is 3.14. The van der Waals surface area contributed by atoms with Crippen LogP contribution >= 0.6 is 0 Å². The first-order chi connectivity index (χ1) is 14.6. The Morgan fingerprint density at radius 1 is 1.10 bits per heavy atom. The van der Waals surface area contributed by atoms with E-state index in [1.54, 1.807) is 21.4 Å². The lowest BCUT2D eigenvalue weighted by Crippen LogP contribution is -2.35. The van der Waals surface area contributed by atoms with Gasteiger partial charge in [-0.1, -0.05) is 12.1 Å². The largest absolute Gasteiger partial charge is 0.459 e. The van der Waals surface area contributed by atoms with Gasteiger partial charge in [0.2, 0.25) is 0 Å². The van der Waals surface area contributed by atoms with Gasteiger partial charge in [0.1, 0.15) is 11.3 Å². The lowest BCUT2D eigenvalue weighted by Gasteiger charge is -2.28. The van der Waals surface area contributed by atoms with Gasteiger partial charge in [-0.3, -0.25) is 14.0 Å². The van der Waals surface area contributed by atoms with Gasteiger partial charge in [0, 0.05) is 25.0 Å². The number of furan rings is 1. The number of carbonyl (C=O) groups excluding carboxylic acids is 2. The summed E-state index contributed by atoms with van der Waals surface area (Å²) in [6, 6.07) is 14.9. The number of aromatic nitrogens is 2. The van der Waals surface area contributed by atoms with Gasteiger partial charge in [0.15, 0.2) is 5.76 Å². The Morgan fingerprint density at radius 2 is 2.00 bits per heavy atom. The summed E-state index contributed by atoms with van der Waals surface area (Å²) in [6.07, 6.45) is 4.10. The highest BCUT2D eigenvalue weighted by molar-refractivity contribution is 6.04. The number of hydrogen-bond donors (Lipinski definition) is 1. The van der Waals surface area contributed by atoms with Gasteiger partial charge >= 0.3 is 0 Å². The Morgan fingerprint density at radius 3 is 2.83 bits per heavy atom. The van der Waals surface area contributed by atoms with Crippen molar-refractivity contribution in [3.8, 4) is 0 Å². The first-order valence-electron chi connectivity index (χ1n) is 9.80. The number of carbonyl (C=O) groups is 2. The molecule has 0 saturated carbocycles. The van der Waals surface area contributed by atoms with Crippen molar-refractivity contribution in [3.63, 3.8) is 0 Å². The molecule has 0 atom stereocenters. The molecule has 7 nitrogen and oxygen atoms in total. The number of nitrogens with zero attached hydrogens (tertiary/aromatic N) is 3.